The largest absolute Gasteiger partial charge is 0.493 e. The molecule has 0 atom stereocenters. The molecule has 1 N–H and O–H groups in total. The van der Waals surface area contributed by atoms with Crippen molar-refractivity contribution < 1.29 is 18.9 Å². The highest BCUT2D eigenvalue weighted by Gasteiger charge is 2.13. The topological polar surface area (TPSA) is 61.3 Å². The third kappa shape index (κ3) is 3.79. The molecule has 2 aromatic rings. The Morgan fingerprint density at radius 3 is 2.16 bits per heavy atom. The van der Waals surface area contributed by atoms with Crippen molar-refractivity contribution in [2.24, 2.45) is 4.99 Å². The van der Waals surface area contributed by atoms with Crippen LogP contribution >= 0.6 is 0 Å². The zero-order valence-electron chi connectivity index (χ0n) is 14.7. The molecule has 2 aromatic carbocycles. The van der Waals surface area contributed by atoms with Crippen LogP contribution < -0.4 is 24.3 Å². The molecule has 0 saturated carbocycles. The van der Waals surface area contributed by atoms with Gasteiger partial charge < -0.3 is 24.3 Å². The van der Waals surface area contributed by atoms with E-state index in [0.29, 0.717) is 23.9 Å². The van der Waals surface area contributed by atoms with Gasteiger partial charge in [0.25, 0.3) is 0 Å². The number of ether oxygens (including phenoxy) is 4. The van der Waals surface area contributed by atoms with E-state index in [1.165, 1.54) is 0 Å². The summed E-state index contributed by atoms with van der Waals surface area (Å²) in [5.74, 6) is 3.53. The third-order valence-corrected chi connectivity index (χ3v) is 3.93. The second-order valence-corrected chi connectivity index (χ2v) is 5.50. The molecular formula is C19H22N2O4. The number of amidine groups is 1. The molecule has 6 heteroatoms. The van der Waals surface area contributed by atoms with E-state index in [4.69, 9.17) is 18.9 Å². The highest BCUT2D eigenvalue weighted by atomic mass is 16.5. The monoisotopic (exact) mass is 342 g/mol. The Labute approximate surface area is 147 Å². The van der Waals surface area contributed by atoms with Gasteiger partial charge in [0.05, 0.1) is 27.9 Å². The summed E-state index contributed by atoms with van der Waals surface area (Å²) in [6.45, 7) is 2.12. The Kier molecular flexibility index (Phi) is 5.28. The molecule has 0 aliphatic carbocycles. The van der Waals surface area contributed by atoms with Crippen LogP contribution in [0.4, 0.5) is 0 Å². The first-order valence-corrected chi connectivity index (χ1v) is 8.05. The van der Waals surface area contributed by atoms with Gasteiger partial charge >= 0.3 is 0 Å². The fraction of sp³-hybridized carbons (Fsp3) is 0.316. The summed E-state index contributed by atoms with van der Waals surface area (Å²) in [6, 6.07) is 11.6. The number of nitrogens with one attached hydrogen (secondary N) is 1. The summed E-state index contributed by atoms with van der Waals surface area (Å²) in [7, 11) is 4.78. The van der Waals surface area contributed by atoms with Crippen molar-refractivity contribution in [3.63, 3.8) is 0 Å². The minimum absolute atomic E-state index is 0.398. The third-order valence-electron chi connectivity index (χ3n) is 3.93. The number of aliphatic imine (C=N–C) groups is 1. The van der Waals surface area contributed by atoms with Crippen LogP contribution in [0.2, 0.25) is 0 Å². The zero-order chi connectivity index (χ0) is 17.6. The van der Waals surface area contributed by atoms with Crippen LogP contribution in [0.15, 0.2) is 41.4 Å². The van der Waals surface area contributed by atoms with Gasteiger partial charge in [-0.05, 0) is 42.0 Å². The average molecular weight is 342 g/mol. The van der Waals surface area contributed by atoms with Crippen molar-refractivity contribution in [3.8, 4) is 23.0 Å². The lowest BCUT2D eigenvalue weighted by Gasteiger charge is -2.14. The molecule has 132 valence electrons. The summed E-state index contributed by atoms with van der Waals surface area (Å²) < 4.78 is 21.9. The van der Waals surface area contributed by atoms with Crippen LogP contribution in [0.25, 0.3) is 0 Å². The number of benzene rings is 2. The molecule has 0 unspecified atom stereocenters. The molecule has 0 spiro atoms. The van der Waals surface area contributed by atoms with E-state index in [9.17, 15) is 0 Å². The summed E-state index contributed by atoms with van der Waals surface area (Å²) in [6.07, 6.45) is 0. The molecule has 0 bridgehead atoms. The van der Waals surface area contributed by atoms with Gasteiger partial charge in [-0.2, -0.15) is 0 Å². The number of nitrogens with zero attached hydrogens (tertiary/aromatic N) is 1. The maximum absolute atomic E-state index is 5.87. The molecule has 6 nitrogen and oxygen atoms in total. The van der Waals surface area contributed by atoms with Crippen molar-refractivity contribution in [2.75, 3.05) is 34.4 Å². The molecule has 1 aliphatic rings. The van der Waals surface area contributed by atoms with Gasteiger partial charge in [0.15, 0.2) is 11.5 Å². The van der Waals surface area contributed by atoms with Crippen molar-refractivity contribution in [1.29, 1.82) is 0 Å². The first-order valence-electron chi connectivity index (χ1n) is 8.05. The number of methoxy groups -OCH3 is 3. The van der Waals surface area contributed by atoms with Crippen LogP contribution in [0.5, 0.6) is 23.0 Å². The average Bonchev–Trinajstić information content (AvgIpc) is 3.20. The van der Waals surface area contributed by atoms with E-state index in [2.05, 4.69) is 10.3 Å². The smallest absolute Gasteiger partial charge is 0.203 e. The van der Waals surface area contributed by atoms with Gasteiger partial charge in [0, 0.05) is 12.1 Å². The first-order chi connectivity index (χ1) is 12.2. The summed E-state index contributed by atoms with van der Waals surface area (Å²) in [5, 5.41) is 3.26. The minimum Gasteiger partial charge on any atom is -0.493 e. The molecule has 0 fully saturated rings. The number of rotatable bonds is 7. The summed E-state index contributed by atoms with van der Waals surface area (Å²) >= 11 is 0. The fourth-order valence-corrected chi connectivity index (χ4v) is 2.69. The zero-order valence-corrected chi connectivity index (χ0v) is 14.7. The van der Waals surface area contributed by atoms with Crippen molar-refractivity contribution in [1.82, 2.24) is 5.32 Å². The lowest BCUT2D eigenvalue weighted by atomic mass is 10.2. The van der Waals surface area contributed by atoms with Crippen molar-refractivity contribution in [3.05, 3.63) is 47.5 Å². The Hall–Kier alpha value is -2.89. The Bertz CT molecular complexity index is 732. The molecule has 3 rings (SSSR count). The van der Waals surface area contributed by atoms with Crippen LogP contribution in [-0.2, 0) is 6.61 Å². The molecule has 1 heterocycles. The van der Waals surface area contributed by atoms with E-state index in [1.807, 2.05) is 36.4 Å². The van der Waals surface area contributed by atoms with E-state index in [1.54, 1.807) is 21.3 Å². The Morgan fingerprint density at radius 1 is 0.960 bits per heavy atom. The SMILES string of the molecule is COc1cc(COc2ccc(C3=NCCN3)cc2)cc(OC)c1OC. The maximum Gasteiger partial charge on any atom is 0.203 e. The van der Waals surface area contributed by atoms with E-state index in [-0.39, 0.29) is 0 Å². The lowest BCUT2D eigenvalue weighted by Crippen LogP contribution is -2.19. The summed E-state index contributed by atoms with van der Waals surface area (Å²) in [5.41, 5.74) is 2.00. The molecular weight excluding hydrogens is 320 g/mol. The maximum atomic E-state index is 5.87. The highest BCUT2D eigenvalue weighted by Crippen LogP contribution is 2.38. The van der Waals surface area contributed by atoms with Gasteiger partial charge in [0.1, 0.15) is 18.2 Å². The Morgan fingerprint density at radius 2 is 1.64 bits per heavy atom. The Balaban J connectivity index is 1.70. The molecule has 0 amide bonds. The van der Waals surface area contributed by atoms with Crippen LogP contribution in [0.1, 0.15) is 11.1 Å². The van der Waals surface area contributed by atoms with Gasteiger partial charge in [-0.25, -0.2) is 0 Å². The standard InChI is InChI=1S/C19H22N2O4/c1-22-16-10-13(11-17(23-2)18(16)24-3)12-25-15-6-4-14(5-7-15)19-20-8-9-21-19/h4-7,10-11H,8-9,12H2,1-3H3,(H,20,21). The van der Waals surface area contributed by atoms with Gasteiger partial charge in [0.2, 0.25) is 5.75 Å². The predicted molar refractivity (Wildman–Crippen MR) is 96.3 cm³/mol. The first kappa shape index (κ1) is 17.0. The quantitative estimate of drug-likeness (QED) is 0.838. The molecule has 0 aromatic heterocycles. The predicted octanol–water partition coefficient (Wildman–Crippen LogP) is 2.64. The number of hydrogen-bond donors (Lipinski definition) is 1. The normalized spacial score (nSPS) is 13.0. The molecule has 0 saturated heterocycles. The van der Waals surface area contributed by atoms with Gasteiger partial charge in [-0.15, -0.1) is 0 Å². The number of hydrogen-bond acceptors (Lipinski definition) is 6. The molecule has 0 radical (unpaired) electrons. The van der Waals surface area contributed by atoms with Gasteiger partial charge in [-0.3, -0.25) is 4.99 Å². The van der Waals surface area contributed by atoms with Crippen LogP contribution in [0, 0.1) is 0 Å². The minimum atomic E-state index is 0.398. The van der Waals surface area contributed by atoms with Crippen molar-refractivity contribution in [2.45, 2.75) is 6.61 Å². The second-order valence-electron chi connectivity index (χ2n) is 5.50. The second kappa shape index (κ2) is 7.79. The van der Waals surface area contributed by atoms with Gasteiger partial charge in [-0.1, -0.05) is 0 Å². The van der Waals surface area contributed by atoms with E-state index < -0.39 is 0 Å². The summed E-state index contributed by atoms with van der Waals surface area (Å²) in [4.78, 5) is 4.41. The molecule has 1 aliphatic heterocycles. The molecule has 25 heavy (non-hydrogen) atoms. The van der Waals surface area contributed by atoms with E-state index >= 15 is 0 Å². The van der Waals surface area contributed by atoms with Crippen molar-refractivity contribution >= 4 is 5.84 Å². The highest BCUT2D eigenvalue weighted by molar-refractivity contribution is 5.99. The van der Waals surface area contributed by atoms with Crippen LogP contribution in [-0.4, -0.2) is 40.3 Å². The van der Waals surface area contributed by atoms with Crippen LogP contribution in [0.3, 0.4) is 0 Å². The van der Waals surface area contributed by atoms with E-state index in [0.717, 1.165) is 35.8 Å². The lowest BCUT2D eigenvalue weighted by molar-refractivity contribution is 0.298. The fourth-order valence-electron chi connectivity index (χ4n) is 2.69.